The van der Waals surface area contributed by atoms with E-state index in [0.29, 0.717) is 6.61 Å². The number of benzene rings is 3. The highest BCUT2D eigenvalue weighted by Gasteiger charge is 2.10. The average molecular weight is 606 g/mol. The first kappa shape index (κ1) is 30.7. The molecule has 0 aliphatic rings. The fraction of sp³-hybridized carbons (Fsp3) is 0.195. The predicted octanol–water partition coefficient (Wildman–Crippen LogP) is 10.3. The molecule has 6 rings (SSSR count). The van der Waals surface area contributed by atoms with Crippen LogP contribution in [0.5, 0.6) is 11.5 Å². The minimum absolute atomic E-state index is 0.684. The summed E-state index contributed by atoms with van der Waals surface area (Å²) in [6, 6.07) is 42.9. The van der Waals surface area contributed by atoms with Gasteiger partial charge in [0.1, 0.15) is 17.2 Å². The summed E-state index contributed by atoms with van der Waals surface area (Å²) in [5, 5.41) is 0. The van der Waals surface area contributed by atoms with Crippen LogP contribution in [0.4, 0.5) is 0 Å². The van der Waals surface area contributed by atoms with Gasteiger partial charge in [0.15, 0.2) is 0 Å². The van der Waals surface area contributed by atoms with Gasteiger partial charge < -0.3 is 9.47 Å². The molecule has 5 nitrogen and oxygen atoms in total. The van der Waals surface area contributed by atoms with E-state index in [9.17, 15) is 0 Å². The number of pyridine rings is 3. The maximum atomic E-state index is 6.19. The first-order valence-electron chi connectivity index (χ1n) is 16.2. The van der Waals surface area contributed by atoms with Crippen molar-refractivity contribution in [3.63, 3.8) is 0 Å². The second kappa shape index (κ2) is 16.1. The first-order chi connectivity index (χ1) is 22.8. The highest BCUT2D eigenvalue weighted by atomic mass is 16.5. The Hall–Kier alpha value is -5.29. The highest BCUT2D eigenvalue weighted by molar-refractivity contribution is 5.72. The number of ether oxygens (including phenoxy) is 2. The minimum atomic E-state index is 0.684. The summed E-state index contributed by atoms with van der Waals surface area (Å²) in [5.41, 5.74) is 8.06. The summed E-state index contributed by atoms with van der Waals surface area (Å²) in [5.74, 6) is 1.72. The molecule has 0 saturated carbocycles. The maximum absolute atomic E-state index is 6.19. The van der Waals surface area contributed by atoms with Crippen LogP contribution >= 0.6 is 0 Å². The number of hydrogen-bond donors (Lipinski definition) is 0. The number of nitrogens with zero attached hydrogens (tertiary/aromatic N) is 3. The minimum Gasteiger partial charge on any atom is -0.494 e. The Morgan fingerprint density at radius 1 is 0.413 bits per heavy atom. The summed E-state index contributed by atoms with van der Waals surface area (Å²) >= 11 is 0. The van der Waals surface area contributed by atoms with Gasteiger partial charge in [-0.05, 0) is 79.6 Å². The third kappa shape index (κ3) is 8.45. The average Bonchev–Trinajstić information content (AvgIpc) is 3.14. The van der Waals surface area contributed by atoms with Crippen LogP contribution in [0.1, 0.15) is 38.5 Å². The zero-order valence-corrected chi connectivity index (χ0v) is 26.1. The van der Waals surface area contributed by atoms with Gasteiger partial charge >= 0.3 is 0 Å². The molecule has 0 radical (unpaired) electrons. The first-order valence-corrected chi connectivity index (χ1v) is 16.2. The Bertz CT molecular complexity index is 1790. The van der Waals surface area contributed by atoms with Crippen LogP contribution in [-0.4, -0.2) is 28.2 Å². The van der Waals surface area contributed by atoms with Gasteiger partial charge in [-0.25, -0.2) is 4.98 Å². The van der Waals surface area contributed by atoms with Crippen LogP contribution < -0.4 is 9.47 Å². The van der Waals surface area contributed by atoms with Crippen LogP contribution in [0, 0.1) is 0 Å². The Balaban J connectivity index is 0.876. The molecule has 6 aromatic rings. The molecule has 0 spiro atoms. The van der Waals surface area contributed by atoms with Crippen molar-refractivity contribution in [3.8, 4) is 56.5 Å². The summed E-state index contributed by atoms with van der Waals surface area (Å²) in [6.07, 6.45) is 10.4. The van der Waals surface area contributed by atoms with Crippen molar-refractivity contribution in [2.45, 2.75) is 38.5 Å². The van der Waals surface area contributed by atoms with E-state index in [2.05, 4.69) is 64.6 Å². The van der Waals surface area contributed by atoms with Gasteiger partial charge in [0.05, 0.1) is 30.3 Å². The third-order valence-corrected chi connectivity index (χ3v) is 7.90. The molecule has 230 valence electrons. The van der Waals surface area contributed by atoms with Gasteiger partial charge in [0.25, 0.3) is 0 Å². The smallest absolute Gasteiger partial charge is 0.145 e. The topological polar surface area (TPSA) is 57.1 Å². The molecule has 0 N–H and O–H groups in total. The Morgan fingerprint density at radius 2 is 1.02 bits per heavy atom. The number of aromatic nitrogens is 3. The van der Waals surface area contributed by atoms with E-state index in [-0.39, 0.29) is 0 Å². The van der Waals surface area contributed by atoms with Crippen molar-refractivity contribution >= 4 is 0 Å². The molecule has 3 aromatic heterocycles. The van der Waals surface area contributed by atoms with Crippen LogP contribution in [-0.2, 0) is 0 Å². The second-order valence-corrected chi connectivity index (χ2v) is 11.3. The van der Waals surface area contributed by atoms with Crippen LogP contribution in [0.25, 0.3) is 45.0 Å². The van der Waals surface area contributed by atoms with Crippen molar-refractivity contribution in [2.75, 3.05) is 13.2 Å². The lowest BCUT2D eigenvalue weighted by atomic mass is 10.0. The highest BCUT2D eigenvalue weighted by Crippen LogP contribution is 2.31. The summed E-state index contributed by atoms with van der Waals surface area (Å²) in [6.45, 7) is 1.42. The molecular weight excluding hydrogens is 566 g/mol. The van der Waals surface area contributed by atoms with Gasteiger partial charge in [0.2, 0.25) is 0 Å². The zero-order chi connectivity index (χ0) is 31.2. The fourth-order valence-electron chi connectivity index (χ4n) is 5.45. The fourth-order valence-corrected chi connectivity index (χ4v) is 5.45. The van der Waals surface area contributed by atoms with Crippen LogP contribution in [0.15, 0.2) is 140 Å². The van der Waals surface area contributed by atoms with Crippen molar-refractivity contribution in [2.24, 2.45) is 0 Å². The van der Waals surface area contributed by atoms with E-state index in [1.165, 1.54) is 12.8 Å². The number of hydrogen-bond acceptors (Lipinski definition) is 5. The molecule has 3 heterocycles. The third-order valence-electron chi connectivity index (χ3n) is 7.90. The van der Waals surface area contributed by atoms with E-state index >= 15 is 0 Å². The summed E-state index contributed by atoms with van der Waals surface area (Å²) in [4.78, 5) is 14.0. The van der Waals surface area contributed by atoms with Gasteiger partial charge in [0, 0.05) is 34.6 Å². The van der Waals surface area contributed by atoms with E-state index < -0.39 is 0 Å². The lowest BCUT2D eigenvalue weighted by Crippen LogP contribution is -2.00. The van der Waals surface area contributed by atoms with Crippen molar-refractivity contribution in [1.29, 1.82) is 0 Å². The molecule has 0 aliphatic heterocycles. The molecule has 3 aromatic carbocycles. The standard InChI is InChI=1S/C41H39N3O2/c1(3-10-29-45-36-25-23-33(24-26-36)39-21-13-20-38(44-39)32-15-6-5-7-16-32)2-4-11-30-46-40-22-14-28-43-41(40)35-18-12-17-34(31-35)37-19-8-9-27-42-37/h5-9,12-28,31H,1-4,10-11,29-30H2. The van der Waals surface area contributed by atoms with Gasteiger partial charge in [-0.3, -0.25) is 9.97 Å². The lowest BCUT2D eigenvalue weighted by molar-refractivity contribution is 0.297. The molecule has 0 saturated heterocycles. The van der Waals surface area contributed by atoms with Crippen molar-refractivity contribution in [1.82, 2.24) is 15.0 Å². The molecule has 0 bridgehead atoms. The van der Waals surface area contributed by atoms with Gasteiger partial charge in [-0.15, -0.1) is 0 Å². The molecule has 0 atom stereocenters. The van der Waals surface area contributed by atoms with E-state index in [1.54, 1.807) is 0 Å². The Morgan fingerprint density at radius 3 is 1.78 bits per heavy atom. The van der Waals surface area contributed by atoms with Crippen LogP contribution in [0.2, 0.25) is 0 Å². The van der Waals surface area contributed by atoms with Gasteiger partial charge in [-0.1, -0.05) is 86.3 Å². The molecule has 5 heteroatoms. The van der Waals surface area contributed by atoms with Crippen molar-refractivity contribution in [3.05, 3.63) is 140 Å². The molecule has 0 fully saturated rings. The molecule has 46 heavy (non-hydrogen) atoms. The van der Waals surface area contributed by atoms with E-state index in [4.69, 9.17) is 14.5 Å². The SMILES string of the molecule is c1ccc(-c2cccc(-c3ccc(OCCCCCCCCOc4cccnc4-c4cccc(-c5ccccn5)c4)cc3)n2)cc1. The largest absolute Gasteiger partial charge is 0.494 e. The normalized spacial score (nSPS) is 10.9. The Kier molecular flexibility index (Phi) is 10.8. The van der Waals surface area contributed by atoms with Crippen molar-refractivity contribution < 1.29 is 9.47 Å². The Labute approximate surface area is 272 Å². The summed E-state index contributed by atoms with van der Waals surface area (Å²) < 4.78 is 12.2. The predicted molar refractivity (Wildman–Crippen MR) is 187 cm³/mol. The maximum Gasteiger partial charge on any atom is 0.145 e. The monoisotopic (exact) mass is 605 g/mol. The quantitative estimate of drug-likeness (QED) is 0.109. The van der Waals surface area contributed by atoms with Crippen LogP contribution in [0.3, 0.4) is 0 Å². The number of rotatable bonds is 15. The summed E-state index contributed by atoms with van der Waals surface area (Å²) in [7, 11) is 0. The van der Waals surface area contributed by atoms with E-state index in [1.807, 2.05) is 85.2 Å². The second-order valence-electron chi connectivity index (χ2n) is 11.3. The number of unbranched alkanes of at least 4 members (excludes halogenated alkanes) is 5. The molecule has 0 unspecified atom stereocenters. The van der Waals surface area contributed by atoms with E-state index in [0.717, 1.165) is 88.8 Å². The molecular formula is C41H39N3O2. The molecule has 0 aliphatic carbocycles. The lowest BCUT2D eigenvalue weighted by Gasteiger charge is -2.12. The molecule has 0 amide bonds. The zero-order valence-electron chi connectivity index (χ0n) is 26.1. The van der Waals surface area contributed by atoms with Gasteiger partial charge in [-0.2, -0.15) is 0 Å².